The van der Waals surface area contributed by atoms with Crippen molar-refractivity contribution in [2.45, 2.75) is 27.3 Å². The van der Waals surface area contributed by atoms with Gasteiger partial charge in [-0.15, -0.1) is 0 Å². The summed E-state index contributed by atoms with van der Waals surface area (Å²) in [6.45, 7) is 6.33. The van der Waals surface area contributed by atoms with Gasteiger partial charge in [0.2, 0.25) is 0 Å². The van der Waals surface area contributed by atoms with E-state index < -0.39 is 5.97 Å². The van der Waals surface area contributed by atoms with E-state index in [0.29, 0.717) is 30.1 Å². The van der Waals surface area contributed by atoms with E-state index >= 15 is 0 Å². The third kappa shape index (κ3) is 3.16. The summed E-state index contributed by atoms with van der Waals surface area (Å²) in [7, 11) is 0. The number of nitrogen functional groups attached to an aromatic ring is 1. The molecule has 2 aromatic rings. The topological polar surface area (TPSA) is 90.4 Å². The Morgan fingerprint density at radius 3 is 2.81 bits per heavy atom. The number of para-hydroxylation sites is 1. The number of aryl methyl sites for hydroxylation is 2. The Hall–Kier alpha value is -2.50. The third-order valence-corrected chi connectivity index (χ3v) is 3.24. The standard InChI is InChI=1S/C15H19N3O3/c1-4-20-15(19)11-6-5-7-13(14(11)16)17-8-12-9(2)18-21-10(12)3/h5-7,17H,4,8,16H2,1-3H3. The molecule has 0 atom stereocenters. The average Bonchev–Trinajstić information content (AvgIpc) is 2.77. The Morgan fingerprint density at radius 1 is 1.43 bits per heavy atom. The summed E-state index contributed by atoms with van der Waals surface area (Å²) < 4.78 is 10.1. The van der Waals surface area contributed by atoms with Gasteiger partial charge in [-0.1, -0.05) is 11.2 Å². The monoisotopic (exact) mass is 289 g/mol. The van der Waals surface area contributed by atoms with E-state index in [4.69, 9.17) is 15.0 Å². The first-order valence-electron chi connectivity index (χ1n) is 6.75. The number of nitrogens with one attached hydrogen (secondary N) is 1. The Morgan fingerprint density at radius 2 is 2.19 bits per heavy atom. The first-order valence-corrected chi connectivity index (χ1v) is 6.75. The van der Waals surface area contributed by atoms with E-state index in [1.807, 2.05) is 19.9 Å². The largest absolute Gasteiger partial charge is 0.462 e. The van der Waals surface area contributed by atoms with Crippen molar-refractivity contribution in [2.75, 3.05) is 17.7 Å². The van der Waals surface area contributed by atoms with E-state index in [2.05, 4.69) is 10.5 Å². The molecule has 0 amide bonds. The summed E-state index contributed by atoms with van der Waals surface area (Å²) in [4.78, 5) is 11.8. The van der Waals surface area contributed by atoms with Crippen molar-refractivity contribution in [3.8, 4) is 0 Å². The fourth-order valence-corrected chi connectivity index (χ4v) is 2.04. The number of nitrogens with two attached hydrogens (primary N) is 1. The molecule has 1 aromatic heterocycles. The zero-order chi connectivity index (χ0) is 15.4. The SMILES string of the molecule is CCOC(=O)c1cccc(NCc2c(C)noc2C)c1N. The fourth-order valence-electron chi connectivity index (χ4n) is 2.04. The molecule has 3 N–H and O–H groups in total. The molecule has 6 heteroatoms. The van der Waals surface area contributed by atoms with Gasteiger partial charge >= 0.3 is 5.97 Å². The maximum absolute atomic E-state index is 11.8. The van der Waals surface area contributed by atoms with E-state index in [1.165, 1.54) is 0 Å². The number of anilines is 2. The van der Waals surface area contributed by atoms with Gasteiger partial charge in [-0.05, 0) is 32.9 Å². The Balaban J connectivity index is 2.18. The van der Waals surface area contributed by atoms with Crippen LogP contribution >= 0.6 is 0 Å². The molecule has 0 saturated heterocycles. The van der Waals surface area contributed by atoms with Crippen molar-refractivity contribution in [1.29, 1.82) is 0 Å². The lowest BCUT2D eigenvalue weighted by molar-refractivity contribution is 0.0527. The van der Waals surface area contributed by atoms with Crippen LogP contribution in [0, 0.1) is 13.8 Å². The second kappa shape index (κ2) is 6.30. The predicted molar refractivity (Wildman–Crippen MR) is 80.1 cm³/mol. The number of benzene rings is 1. The van der Waals surface area contributed by atoms with E-state index in [9.17, 15) is 4.79 Å². The second-order valence-corrected chi connectivity index (χ2v) is 4.64. The minimum atomic E-state index is -0.420. The van der Waals surface area contributed by atoms with Crippen molar-refractivity contribution in [1.82, 2.24) is 5.16 Å². The van der Waals surface area contributed by atoms with Crippen LogP contribution in [0.25, 0.3) is 0 Å². The molecule has 0 radical (unpaired) electrons. The summed E-state index contributed by atoms with van der Waals surface area (Å²) in [5, 5.41) is 7.10. The molecule has 112 valence electrons. The molecule has 6 nitrogen and oxygen atoms in total. The number of ether oxygens (including phenoxy) is 1. The number of rotatable bonds is 5. The van der Waals surface area contributed by atoms with Gasteiger partial charge in [0.1, 0.15) is 5.76 Å². The maximum Gasteiger partial charge on any atom is 0.340 e. The van der Waals surface area contributed by atoms with Gasteiger partial charge in [0.05, 0.1) is 29.2 Å². The third-order valence-electron chi connectivity index (χ3n) is 3.24. The summed E-state index contributed by atoms with van der Waals surface area (Å²) >= 11 is 0. The quantitative estimate of drug-likeness (QED) is 0.649. The minimum absolute atomic E-state index is 0.314. The molecule has 0 aliphatic heterocycles. The van der Waals surface area contributed by atoms with Gasteiger partial charge in [-0.25, -0.2) is 4.79 Å². The summed E-state index contributed by atoms with van der Waals surface area (Å²) in [5.74, 6) is 0.344. The molecule has 0 fully saturated rings. The van der Waals surface area contributed by atoms with Crippen LogP contribution < -0.4 is 11.1 Å². The number of hydrogen-bond donors (Lipinski definition) is 2. The van der Waals surface area contributed by atoms with Crippen LogP contribution in [0.4, 0.5) is 11.4 Å². The van der Waals surface area contributed by atoms with Crippen molar-refractivity contribution >= 4 is 17.3 Å². The molecule has 0 aliphatic rings. The number of carbonyl (C=O) groups is 1. The van der Waals surface area contributed by atoms with Crippen molar-refractivity contribution in [3.63, 3.8) is 0 Å². The molecule has 0 bridgehead atoms. The molecule has 2 rings (SSSR count). The lowest BCUT2D eigenvalue weighted by atomic mass is 10.1. The van der Waals surface area contributed by atoms with Gasteiger partial charge in [0.25, 0.3) is 0 Å². The number of hydrogen-bond acceptors (Lipinski definition) is 6. The highest BCUT2D eigenvalue weighted by molar-refractivity contribution is 5.98. The smallest absolute Gasteiger partial charge is 0.340 e. The Labute approximate surface area is 123 Å². The predicted octanol–water partition coefficient (Wildman–Crippen LogP) is 2.66. The number of esters is 1. The van der Waals surface area contributed by atoms with Gasteiger partial charge in [0.15, 0.2) is 0 Å². The first-order chi connectivity index (χ1) is 10.0. The average molecular weight is 289 g/mol. The van der Waals surface area contributed by atoms with Crippen LogP contribution in [0.3, 0.4) is 0 Å². The van der Waals surface area contributed by atoms with E-state index in [-0.39, 0.29) is 0 Å². The molecule has 1 aromatic carbocycles. The second-order valence-electron chi connectivity index (χ2n) is 4.64. The number of aromatic nitrogens is 1. The van der Waals surface area contributed by atoms with Crippen LogP contribution in [0.1, 0.15) is 34.3 Å². The molecule has 21 heavy (non-hydrogen) atoms. The van der Waals surface area contributed by atoms with E-state index in [1.54, 1.807) is 19.1 Å². The molecule has 0 aliphatic carbocycles. The number of carbonyl (C=O) groups excluding carboxylic acids is 1. The zero-order valence-corrected chi connectivity index (χ0v) is 12.4. The summed E-state index contributed by atoms with van der Waals surface area (Å²) in [5.41, 5.74) is 9.26. The Bertz CT molecular complexity index is 630. The highest BCUT2D eigenvalue weighted by atomic mass is 16.5. The molecular formula is C15H19N3O3. The molecule has 0 unspecified atom stereocenters. The molecule has 0 saturated carbocycles. The van der Waals surface area contributed by atoms with Gasteiger partial charge in [0, 0.05) is 12.1 Å². The highest BCUT2D eigenvalue weighted by Crippen LogP contribution is 2.25. The normalized spacial score (nSPS) is 10.4. The fraction of sp³-hybridized carbons (Fsp3) is 0.333. The van der Waals surface area contributed by atoms with Crippen molar-refractivity contribution in [3.05, 3.63) is 40.8 Å². The van der Waals surface area contributed by atoms with E-state index in [0.717, 1.165) is 17.0 Å². The lowest BCUT2D eigenvalue weighted by Gasteiger charge is -2.12. The zero-order valence-electron chi connectivity index (χ0n) is 12.4. The first kappa shape index (κ1) is 14.9. The maximum atomic E-state index is 11.8. The van der Waals surface area contributed by atoms with Crippen molar-refractivity contribution < 1.29 is 14.1 Å². The van der Waals surface area contributed by atoms with Crippen LogP contribution in [0.15, 0.2) is 22.7 Å². The van der Waals surface area contributed by atoms with Gasteiger partial charge in [-0.3, -0.25) is 0 Å². The van der Waals surface area contributed by atoms with Gasteiger partial charge < -0.3 is 20.3 Å². The van der Waals surface area contributed by atoms with Gasteiger partial charge in [-0.2, -0.15) is 0 Å². The number of nitrogens with zero attached hydrogens (tertiary/aromatic N) is 1. The minimum Gasteiger partial charge on any atom is -0.462 e. The summed E-state index contributed by atoms with van der Waals surface area (Å²) in [6.07, 6.45) is 0. The van der Waals surface area contributed by atoms with Crippen molar-refractivity contribution in [2.24, 2.45) is 0 Å². The van der Waals surface area contributed by atoms with Crippen LogP contribution in [0.5, 0.6) is 0 Å². The highest BCUT2D eigenvalue weighted by Gasteiger charge is 2.14. The Kier molecular flexibility index (Phi) is 4.47. The van der Waals surface area contributed by atoms with Crippen LogP contribution in [-0.2, 0) is 11.3 Å². The van der Waals surface area contributed by atoms with Crippen LogP contribution in [-0.4, -0.2) is 17.7 Å². The van der Waals surface area contributed by atoms with Crippen LogP contribution in [0.2, 0.25) is 0 Å². The molecular weight excluding hydrogens is 270 g/mol. The molecule has 1 heterocycles. The summed E-state index contributed by atoms with van der Waals surface area (Å²) in [6, 6.07) is 5.23. The molecule has 0 spiro atoms. The lowest BCUT2D eigenvalue weighted by Crippen LogP contribution is -2.11.